The van der Waals surface area contributed by atoms with E-state index >= 15 is 0 Å². The molecule has 0 aliphatic heterocycles. The van der Waals surface area contributed by atoms with Crippen molar-refractivity contribution in [3.8, 4) is 11.6 Å². The van der Waals surface area contributed by atoms with Crippen molar-refractivity contribution < 1.29 is 10.2 Å². The van der Waals surface area contributed by atoms with E-state index in [1.807, 2.05) is 30.3 Å². The number of para-hydroxylation sites is 1. The first kappa shape index (κ1) is 13.9. The minimum atomic E-state index is 0.106. The Morgan fingerprint density at radius 3 is 2.74 bits per heavy atom. The molecule has 1 heterocycles. The monoisotopic (exact) mass is 294 g/mol. The van der Waals surface area contributed by atoms with Crippen LogP contribution in [0.5, 0.6) is 5.88 Å². The molecule has 0 bridgehead atoms. The van der Waals surface area contributed by atoms with E-state index in [9.17, 15) is 5.11 Å². The van der Waals surface area contributed by atoms with Gasteiger partial charge in [-0.3, -0.25) is 9.56 Å². The minimum absolute atomic E-state index is 0.106. The van der Waals surface area contributed by atoms with Gasteiger partial charge in [0.05, 0.1) is 5.69 Å². The molecular formula is C13H14N2O2S2. The number of benzene rings is 1. The largest absolute Gasteiger partial charge is 0.493 e. The van der Waals surface area contributed by atoms with Gasteiger partial charge in [-0.15, -0.1) is 0 Å². The van der Waals surface area contributed by atoms with Crippen molar-refractivity contribution in [2.24, 2.45) is 4.99 Å². The number of thiazole rings is 1. The number of aromatic nitrogens is 1. The molecule has 0 aliphatic carbocycles. The standard InChI is InChI=1S/C13H14N2O2S2/c16-8-4-7-14-9-11-12(17)15(13(18)19-11)10-5-2-1-3-6-10/h1-3,5-6,9,16-17H,4,7-8H2. The molecular weight excluding hydrogens is 280 g/mol. The molecule has 0 fully saturated rings. The fraction of sp³-hybridized carbons (Fsp3) is 0.231. The molecule has 0 unspecified atom stereocenters. The fourth-order valence-electron chi connectivity index (χ4n) is 1.58. The highest BCUT2D eigenvalue weighted by Crippen LogP contribution is 2.28. The molecule has 0 saturated heterocycles. The quantitative estimate of drug-likeness (QED) is 0.506. The zero-order chi connectivity index (χ0) is 13.7. The van der Waals surface area contributed by atoms with Gasteiger partial charge in [0.1, 0.15) is 4.88 Å². The van der Waals surface area contributed by atoms with Crippen LogP contribution in [0.25, 0.3) is 5.69 Å². The Balaban J connectivity index is 2.31. The molecule has 1 aromatic heterocycles. The van der Waals surface area contributed by atoms with E-state index in [-0.39, 0.29) is 12.5 Å². The Kier molecular flexibility index (Phi) is 4.84. The van der Waals surface area contributed by atoms with Gasteiger partial charge in [-0.05, 0) is 30.8 Å². The summed E-state index contributed by atoms with van der Waals surface area (Å²) in [6.45, 7) is 0.649. The number of aliphatic hydroxyl groups is 1. The maximum atomic E-state index is 10.2. The summed E-state index contributed by atoms with van der Waals surface area (Å²) >= 11 is 6.57. The van der Waals surface area contributed by atoms with E-state index in [4.69, 9.17) is 17.3 Å². The highest BCUT2D eigenvalue weighted by Gasteiger charge is 2.11. The van der Waals surface area contributed by atoms with Crippen LogP contribution < -0.4 is 0 Å². The number of aliphatic hydroxyl groups excluding tert-OH is 1. The molecule has 19 heavy (non-hydrogen) atoms. The minimum Gasteiger partial charge on any atom is -0.493 e. The van der Waals surface area contributed by atoms with Crippen molar-refractivity contribution in [1.29, 1.82) is 0 Å². The third-order valence-electron chi connectivity index (χ3n) is 2.48. The molecule has 0 atom stereocenters. The number of aromatic hydroxyl groups is 1. The van der Waals surface area contributed by atoms with Crippen LogP contribution in [-0.2, 0) is 0 Å². The van der Waals surface area contributed by atoms with Gasteiger partial charge >= 0.3 is 0 Å². The van der Waals surface area contributed by atoms with Gasteiger partial charge in [-0.25, -0.2) is 0 Å². The van der Waals surface area contributed by atoms with Crippen LogP contribution in [-0.4, -0.2) is 34.1 Å². The molecule has 0 aliphatic rings. The molecule has 0 spiro atoms. The summed E-state index contributed by atoms with van der Waals surface area (Å²) in [5.41, 5.74) is 0.830. The lowest BCUT2D eigenvalue weighted by Crippen LogP contribution is -1.93. The van der Waals surface area contributed by atoms with Crippen molar-refractivity contribution in [2.45, 2.75) is 6.42 Å². The second kappa shape index (κ2) is 6.60. The Morgan fingerprint density at radius 1 is 1.32 bits per heavy atom. The van der Waals surface area contributed by atoms with Crippen molar-refractivity contribution in [1.82, 2.24) is 4.57 Å². The van der Waals surface area contributed by atoms with Crippen LogP contribution in [0.3, 0.4) is 0 Å². The normalized spacial score (nSPS) is 11.2. The predicted octanol–water partition coefficient (Wildman–Crippen LogP) is 2.78. The second-order valence-electron chi connectivity index (χ2n) is 3.84. The first-order valence-electron chi connectivity index (χ1n) is 5.85. The highest BCUT2D eigenvalue weighted by molar-refractivity contribution is 7.73. The van der Waals surface area contributed by atoms with Gasteiger partial charge in [-0.1, -0.05) is 29.5 Å². The maximum Gasteiger partial charge on any atom is 0.216 e. The second-order valence-corrected chi connectivity index (χ2v) is 5.51. The van der Waals surface area contributed by atoms with Crippen molar-refractivity contribution in [3.63, 3.8) is 0 Å². The van der Waals surface area contributed by atoms with Gasteiger partial charge in [0, 0.05) is 19.4 Å². The molecule has 2 N–H and O–H groups in total. The molecule has 0 saturated carbocycles. The molecule has 0 amide bonds. The van der Waals surface area contributed by atoms with Gasteiger partial charge in [0.2, 0.25) is 5.88 Å². The smallest absolute Gasteiger partial charge is 0.216 e. The summed E-state index contributed by atoms with van der Waals surface area (Å²) in [5.74, 6) is 0.106. The van der Waals surface area contributed by atoms with Gasteiger partial charge in [-0.2, -0.15) is 0 Å². The number of nitrogens with zero attached hydrogens (tertiary/aromatic N) is 2. The van der Waals surface area contributed by atoms with Gasteiger partial charge in [0.15, 0.2) is 3.95 Å². The first-order valence-corrected chi connectivity index (χ1v) is 7.07. The average molecular weight is 294 g/mol. The Hall–Kier alpha value is -1.50. The molecule has 1 aromatic carbocycles. The Labute approximate surface area is 120 Å². The molecule has 6 heteroatoms. The Morgan fingerprint density at radius 2 is 2.05 bits per heavy atom. The maximum absolute atomic E-state index is 10.2. The summed E-state index contributed by atoms with van der Waals surface area (Å²) in [4.78, 5) is 4.78. The summed E-state index contributed by atoms with van der Waals surface area (Å²) in [6.07, 6.45) is 2.22. The molecule has 2 rings (SSSR count). The van der Waals surface area contributed by atoms with Crippen molar-refractivity contribution in [2.75, 3.05) is 13.2 Å². The van der Waals surface area contributed by atoms with E-state index in [1.54, 1.807) is 10.8 Å². The number of hydrogen-bond acceptors (Lipinski definition) is 5. The zero-order valence-electron chi connectivity index (χ0n) is 10.2. The van der Waals surface area contributed by atoms with Crippen molar-refractivity contribution in [3.05, 3.63) is 39.2 Å². The van der Waals surface area contributed by atoms with Crippen LogP contribution in [0, 0.1) is 3.95 Å². The topological polar surface area (TPSA) is 57.8 Å². The number of hydrogen-bond donors (Lipinski definition) is 2. The van der Waals surface area contributed by atoms with Gasteiger partial charge < -0.3 is 10.2 Å². The van der Waals surface area contributed by atoms with E-state index < -0.39 is 0 Å². The van der Waals surface area contributed by atoms with Crippen molar-refractivity contribution >= 4 is 29.8 Å². The predicted molar refractivity (Wildman–Crippen MR) is 80.3 cm³/mol. The summed E-state index contributed by atoms with van der Waals surface area (Å²) in [6, 6.07) is 9.46. The lowest BCUT2D eigenvalue weighted by Gasteiger charge is -2.03. The molecule has 100 valence electrons. The fourth-order valence-corrected chi connectivity index (χ4v) is 2.82. The SMILES string of the molecule is OCCCN=Cc1sc(=S)n(-c2ccccc2)c1O. The summed E-state index contributed by atoms with van der Waals surface area (Å²) < 4.78 is 2.19. The molecule has 4 nitrogen and oxygen atoms in total. The molecule has 0 radical (unpaired) electrons. The summed E-state index contributed by atoms with van der Waals surface area (Å²) in [7, 11) is 0. The number of aliphatic imine (C=N–C) groups is 1. The van der Waals surface area contributed by atoms with Crippen LogP contribution in [0.4, 0.5) is 0 Å². The van der Waals surface area contributed by atoms with Gasteiger partial charge in [0.25, 0.3) is 0 Å². The lowest BCUT2D eigenvalue weighted by atomic mass is 10.3. The van der Waals surface area contributed by atoms with Crippen LogP contribution >= 0.6 is 23.6 Å². The van der Waals surface area contributed by atoms with Crippen LogP contribution in [0.2, 0.25) is 0 Å². The van der Waals surface area contributed by atoms with E-state index in [0.29, 0.717) is 21.8 Å². The zero-order valence-corrected chi connectivity index (χ0v) is 11.8. The number of rotatable bonds is 5. The van der Waals surface area contributed by atoms with Crippen LogP contribution in [0.1, 0.15) is 11.3 Å². The highest BCUT2D eigenvalue weighted by atomic mass is 32.1. The lowest BCUT2D eigenvalue weighted by molar-refractivity contribution is 0.291. The van der Waals surface area contributed by atoms with E-state index in [0.717, 1.165) is 5.69 Å². The molecule has 2 aromatic rings. The Bertz CT molecular complexity index is 617. The van der Waals surface area contributed by atoms with Crippen LogP contribution in [0.15, 0.2) is 35.3 Å². The third kappa shape index (κ3) is 3.28. The van der Waals surface area contributed by atoms with E-state index in [2.05, 4.69) is 4.99 Å². The summed E-state index contributed by atoms with van der Waals surface area (Å²) in [5, 5.41) is 18.9. The third-order valence-corrected chi connectivity index (χ3v) is 3.78. The van der Waals surface area contributed by atoms with E-state index in [1.165, 1.54) is 11.3 Å². The average Bonchev–Trinajstić information content (AvgIpc) is 2.71. The first-order chi connectivity index (χ1) is 9.24.